The predicted octanol–water partition coefficient (Wildman–Crippen LogP) is 4.68. The standard InChI is InChI=1S/C18H30O/c1-7-8-15-9-10-16(14(2)13-15)11-12-18(6,19)17(3,4)5/h9-10,13,19H,7-8,11-12H2,1-6H3/t18-/m1/s1. The van der Waals surface area contributed by atoms with E-state index in [2.05, 4.69) is 52.8 Å². The molecule has 108 valence electrons. The zero-order chi connectivity index (χ0) is 14.7. The van der Waals surface area contributed by atoms with Crippen LogP contribution in [-0.4, -0.2) is 10.7 Å². The van der Waals surface area contributed by atoms with Crippen LogP contribution in [0.2, 0.25) is 0 Å². The van der Waals surface area contributed by atoms with Crippen LogP contribution in [0.1, 0.15) is 64.2 Å². The van der Waals surface area contributed by atoms with Crippen LogP contribution in [0.25, 0.3) is 0 Å². The van der Waals surface area contributed by atoms with Gasteiger partial charge in [-0.3, -0.25) is 0 Å². The molecule has 1 nitrogen and oxygen atoms in total. The van der Waals surface area contributed by atoms with Crippen molar-refractivity contribution in [1.29, 1.82) is 0 Å². The van der Waals surface area contributed by atoms with E-state index >= 15 is 0 Å². The number of aryl methyl sites for hydroxylation is 3. The molecule has 0 aliphatic carbocycles. The normalized spacial score (nSPS) is 15.3. The van der Waals surface area contributed by atoms with Crippen LogP contribution < -0.4 is 0 Å². The van der Waals surface area contributed by atoms with E-state index in [0.717, 1.165) is 19.3 Å². The molecule has 0 aromatic heterocycles. The number of hydrogen-bond donors (Lipinski definition) is 1. The molecule has 0 fully saturated rings. The molecule has 0 aliphatic heterocycles. The van der Waals surface area contributed by atoms with E-state index in [-0.39, 0.29) is 5.41 Å². The van der Waals surface area contributed by atoms with Gasteiger partial charge in [-0.05, 0) is 55.2 Å². The topological polar surface area (TPSA) is 20.2 Å². The van der Waals surface area contributed by atoms with Gasteiger partial charge in [0.25, 0.3) is 0 Å². The maximum Gasteiger partial charge on any atom is 0.0670 e. The average molecular weight is 262 g/mol. The number of hydrogen-bond acceptors (Lipinski definition) is 1. The van der Waals surface area contributed by atoms with Gasteiger partial charge in [-0.1, -0.05) is 52.3 Å². The van der Waals surface area contributed by atoms with E-state index < -0.39 is 5.60 Å². The first kappa shape index (κ1) is 16.2. The first-order valence-electron chi connectivity index (χ1n) is 7.48. The van der Waals surface area contributed by atoms with E-state index in [9.17, 15) is 5.11 Å². The molecule has 1 aromatic rings. The lowest BCUT2D eigenvalue weighted by Gasteiger charge is -2.37. The highest BCUT2D eigenvalue weighted by Crippen LogP contribution is 2.34. The summed E-state index contributed by atoms with van der Waals surface area (Å²) in [4.78, 5) is 0. The minimum atomic E-state index is -0.623. The zero-order valence-corrected chi connectivity index (χ0v) is 13.5. The predicted molar refractivity (Wildman–Crippen MR) is 83.6 cm³/mol. The molecule has 1 N–H and O–H groups in total. The lowest BCUT2D eigenvalue weighted by Crippen LogP contribution is -2.40. The van der Waals surface area contributed by atoms with Crippen molar-refractivity contribution >= 4 is 0 Å². The molecule has 0 amide bonds. The highest BCUT2D eigenvalue weighted by atomic mass is 16.3. The Morgan fingerprint density at radius 1 is 1.05 bits per heavy atom. The second-order valence-electron chi connectivity index (χ2n) is 7.03. The average Bonchev–Trinajstić information content (AvgIpc) is 2.27. The summed E-state index contributed by atoms with van der Waals surface area (Å²) in [6.07, 6.45) is 4.10. The van der Waals surface area contributed by atoms with Crippen LogP contribution in [0.15, 0.2) is 18.2 Å². The Morgan fingerprint density at radius 3 is 2.16 bits per heavy atom. The highest BCUT2D eigenvalue weighted by molar-refractivity contribution is 5.31. The van der Waals surface area contributed by atoms with Gasteiger partial charge in [0, 0.05) is 0 Å². The fraction of sp³-hybridized carbons (Fsp3) is 0.667. The first-order chi connectivity index (χ1) is 8.67. The third-order valence-electron chi connectivity index (χ3n) is 4.44. The first-order valence-corrected chi connectivity index (χ1v) is 7.48. The molecule has 0 aliphatic rings. The van der Waals surface area contributed by atoms with Crippen molar-refractivity contribution in [2.24, 2.45) is 5.41 Å². The van der Waals surface area contributed by atoms with E-state index in [1.807, 2.05) is 6.92 Å². The van der Waals surface area contributed by atoms with Gasteiger partial charge in [0.2, 0.25) is 0 Å². The molecule has 0 saturated heterocycles. The maximum absolute atomic E-state index is 10.5. The Balaban J connectivity index is 2.74. The molecule has 0 bridgehead atoms. The van der Waals surface area contributed by atoms with Crippen LogP contribution in [0.3, 0.4) is 0 Å². The summed E-state index contributed by atoms with van der Waals surface area (Å²) in [6.45, 7) is 12.6. The van der Waals surface area contributed by atoms with Crippen LogP contribution in [0.5, 0.6) is 0 Å². The lowest BCUT2D eigenvalue weighted by molar-refractivity contribution is -0.0476. The van der Waals surface area contributed by atoms with Crippen molar-refractivity contribution < 1.29 is 5.11 Å². The third kappa shape index (κ3) is 4.35. The molecule has 1 rings (SSSR count). The third-order valence-corrected chi connectivity index (χ3v) is 4.44. The molecule has 19 heavy (non-hydrogen) atoms. The molecule has 1 heteroatoms. The zero-order valence-electron chi connectivity index (χ0n) is 13.5. The Hall–Kier alpha value is -0.820. The van der Waals surface area contributed by atoms with Gasteiger partial charge in [0.15, 0.2) is 0 Å². The molecule has 0 radical (unpaired) electrons. The van der Waals surface area contributed by atoms with Crippen molar-refractivity contribution in [3.63, 3.8) is 0 Å². The largest absolute Gasteiger partial charge is 0.390 e. The maximum atomic E-state index is 10.5. The number of rotatable bonds is 5. The van der Waals surface area contributed by atoms with E-state index in [1.54, 1.807) is 0 Å². The lowest BCUT2D eigenvalue weighted by atomic mass is 9.74. The van der Waals surface area contributed by atoms with E-state index in [1.165, 1.54) is 23.1 Å². The monoisotopic (exact) mass is 262 g/mol. The van der Waals surface area contributed by atoms with E-state index in [4.69, 9.17) is 0 Å². The quantitative estimate of drug-likeness (QED) is 0.817. The Kier molecular flexibility index (Phi) is 5.20. The summed E-state index contributed by atoms with van der Waals surface area (Å²) in [5.74, 6) is 0. The summed E-state index contributed by atoms with van der Waals surface area (Å²) >= 11 is 0. The Morgan fingerprint density at radius 2 is 1.68 bits per heavy atom. The molecule has 0 saturated carbocycles. The van der Waals surface area contributed by atoms with Gasteiger partial charge >= 0.3 is 0 Å². The van der Waals surface area contributed by atoms with Crippen molar-refractivity contribution in [2.45, 2.75) is 72.8 Å². The van der Waals surface area contributed by atoms with Crippen LogP contribution in [0.4, 0.5) is 0 Å². The summed E-state index contributed by atoms with van der Waals surface area (Å²) in [5, 5.41) is 10.5. The van der Waals surface area contributed by atoms with Gasteiger partial charge in [0.1, 0.15) is 0 Å². The minimum absolute atomic E-state index is 0.0803. The van der Waals surface area contributed by atoms with Crippen LogP contribution in [-0.2, 0) is 12.8 Å². The SMILES string of the molecule is CCCc1ccc(CC[C@@](C)(O)C(C)(C)C)c(C)c1. The molecule has 0 heterocycles. The van der Waals surface area contributed by atoms with E-state index in [0.29, 0.717) is 0 Å². The molecular formula is C18H30O. The number of aliphatic hydroxyl groups is 1. The Labute approximate surface area is 119 Å². The smallest absolute Gasteiger partial charge is 0.0670 e. The van der Waals surface area contributed by atoms with Crippen LogP contribution in [0, 0.1) is 12.3 Å². The summed E-state index contributed by atoms with van der Waals surface area (Å²) in [6, 6.07) is 6.77. The highest BCUT2D eigenvalue weighted by Gasteiger charge is 2.34. The van der Waals surface area contributed by atoms with Gasteiger partial charge in [-0.25, -0.2) is 0 Å². The minimum Gasteiger partial charge on any atom is -0.390 e. The Bertz CT molecular complexity index is 410. The van der Waals surface area contributed by atoms with Crippen molar-refractivity contribution in [3.05, 3.63) is 34.9 Å². The number of benzene rings is 1. The van der Waals surface area contributed by atoms with Crippen LogP contribution >= 0.6 is 0 Å². The molecule has 1 atom stereocenters. The van der Waals surface area contributed by atoms with Gasteiger partial charge in [0.05, 0.1) is 5.60 Å². The summed E-state index contributed by atoms with van der Waals surface area (Å²) in [5.41, 5.74) is 3.44. The van der Waals surface area contributed by atoms with Gasteiger partial charge in [-0.15, -0.1) is 0 Å². The summed E-state index contributed by atoms with van der Waals surface area (Å²) < 4.78 is 0. The van der Waals surface area contributed by atoms with Crippen molar-refractivity contribution in [3.8, 4) is 0 Å². The molecule has 0 unspecified atom stereocenters. The fourth-order valence-electron chi connectivity index (χ4n) is 2.24. The van der Waals surface area contributed by atoms with Gasteiger partial charge in [-0.2, -0.15) is 0 Å². The van der Waals surface area contributed by atoms with Crippen molar-refractivity contribution in [2.75, 3.05) is 0 Å². The second-order valence-corrected chi connectivity index (χ2v) is 7.03. The molecular weight excluding hydrogens is 232 g/mol. The van der Waals surface area contributed by atoms with Crippen molar-refractivity contribution in [1.82, 2.24) is 0 Å². The van der Waals surface area contributed by atoms with Gasteiger partial charge < -0.3 is 5.11 Å². The summed E-state index contributed by atoms with van der Waals surface area (Å²) in [7, 11) is 0. The second kappa shape index (κ2) is 6.09. The molecule has 1 aromatic carbocycles. The molecule has 0 spiro atoms. The fourth-order valence-corrected chi connectivity index (χ4v) is 2.24.